The lowest BCUT2D eigenvalue weighted by Gasteiger charge is -2.44. The Kier molecular flexibility index (Phi) is 4.00. The van der Waals surface area contributed by atoms with Crippen LogP contribution < -0.4 is 5.32 Å². The van der Waals surface area contributed by atoms with Gasteiger partial charge in [0.05, 0.1) is 0 Å². The molecule has 0 radical (unpaired) electrons. The minimum atomic E-state index is 0.536. The van der Waals surface area contributed by atoms with Gasteiger partial charge in [-0.15, -0.1) is 0 Å². The predicted octanol–water partition coefficient (Wildman–Crippen LogP) is 3.13. The molecule has 2 nitrogen and oxygen atoms in total. The van der Waals surface area contributed by atoms with Crippen LogP contribution in [-0.2, 0) is 0 Å². The maximum absolute atomic E-state index is 3.71. The summed E-state index contributed by atoms with van der Waals surface area (Å²) >= 11 is 0. The molecule has 1 heterocycles. The molecule has 0 saturated carbocycles. The molecular formula is C17H24N2. The van der Waals surface area contributed by atoms with Crippen molar-refractivity contribution in [3.63, 3.8) is 0 Å². The quantitative estimate of drug-likeness (QED) is 0.836. The average molecular weight is 256 g/mol. The molecule has 1 aliphatic heterocycles. The minimum absolute atomic E-state index is 0.536. The smallest absolute Gasteiger partial charge is 0.0476 e. The van der Waals surface area contributed by atoms with Crippen molar-refractivity contribution in [2.45, 2.75) is 44.3 Å². The topological polar surface area (TPSA) is 15.3 Å². The Hall–Kier alpha value is -1.12. The number of rotatable bonds is 3. The van der Waals surface area contributed by atoms with Crippen LogP contribution in [0.25, 0.3) is 0 Å². The molecule has 1 fully saturated rings. The number of hydrogen-bond donors (Lipinski definition) is 1. The van der Waals surface area contributed by atoms with Gasteiger partial charge >= 0.3 is 0 Å². The lowest BCUT2D eigenvalue weighted by molar-refractivity contribution is 0.0847. The van der Waals surface area contributed by atoms with Gasteiger partial charge in [0, 0.05) is 31.2 Å². The number of nitrogens with one attached hydrogen (secondary N) is 1. The molecule has 0 aromatic heterocycles. The summed E-state index contributed by atoms with van der Waals surface area (Å²) in [6.07, 6.45) is 8.35. The summed E-state index contributed by atoms with van der Waals surface area (Å²) in [6, 6.07) is 12.9. The van der Waals surface area contributed by atoms with Gasteiger partial charge in [0.25, 0.3) is 0 Å². The summed E-state index contributed by atoms with van der Waals surface area (Å²) in [5.41, 5.74) is 1.46. The van der Waals surface area contributed by atoms with Crippen molar-refractivity contribution >= 4 is 0 Å². The lowest BCUT2D eigenvalue weighted by Crippen LogP contribution is -2.54. The fraction of sp³-hybridized carbons (Fsp3) is 0.529. The zero-order valence-electron chi connectivity index (χ0n) is 11.8. The summed E-state index contributed by atoms with van der Waals surface area (Å²) in [7, 11) is 0. The van der Waals surface area contributed by atoms with Crippen LogP contribution in [0, 0.1) is 0 Å². The molecule has 2 heteroatoms. The first-order valence-corrected chi connectivity index (χ1v) is 7.57. The highest BCUT2D eigenvalue weighted by Crippen LogP contribution is 2.30. The molecule has 2 aliphatic rings. The normalized spacial score (nSPS) is 28.9. The molecule has 1 aliphatic carbocycles. The van der Waals surface area contributed by atoms with Gasteiger partial charge in [-0.3, -0.25) is 4.90 Å². The number of benzene rings is 1. The van der Waals surface area contributed by atoms with E-state index in [1.807, 2.05) is 0 Å². The third kappa shape index (κ3) is 2.75. The van der Waals surface area contributed by atoms with Crippen molar-refractivity contribution in [1.29, 1.82) is 0 Å². The maximum Gasteiger partial charge on any atom is 0.0476 e. The molecule has 1 saturated heterocycles. The Morgan fingerprint density at radius 2 is 1.89 bits per heavy atom. The Bertz CT molecular complexity index is 418. The van der Waals surface area contributed by atoms with E-state index in [0.717, 1.165) is 6.54 Å². The van der Waals surface area contributed by atoms with Crippen LogP contribution in [0.3, 0.4) is 0 Å². The molecule has 1 aromatic rings. The number of nitrogens with zero attached hydrogens (tertiary/aromatic N) is 1. The first-order valence-electron chi connectivity index (χ1n) is 7.57. The van der Waals surface area contributed by atoms with Crippen molar-refractivity contribution in [1.82, 2.24) is 10.2 Å². The average Bonchev–Trinajstić information content (AvgIpc) is 3.01. The first kappa shape index (κ1) is 12.9. The van der Waals surface area contributed by atoms with Crippen molar-refractivity contribution in [3.05, 3.63) is 48.0 Å². The van der Waals surface area contributed by atoms with Gasteiger partial charge in [-0.05, 0) is 24.8 Å². The summed E-state index contributed by atoms with van der Waals surface area (Å²) in [6.45, 7) is 4.55. The Balaban J connectivity index is 1.80. The third-order valence-corrected chi connectivity index (χ3v) is 4.56. The van der Waals surface area contributed by atoms with Crippen molar-refractivity contribution in [2.75, 3.05) is 13.1 Å². The summed E-state index contributed by atoms with van der Waals surface area (Å²) in [4.78, 5) is 2.74. The van der Waals surface area contributed by atoms with E-state index in [0.29, 0.717) is 18.1 Å². The van der Waals surface area contributed by atoms with Crippen LogP contribution in [0.2, 0.25) is 0 Å². The Morgan fingerprint density at radius 3 is 2.58 bits per heavy atom. The van der Waals surface area contributed by atoms with Gasteiger partial charge in [-0.1, -0.05) is 49.4 Å². The van der Waals surface area contributed by atoms with E-state index >= 15 is 0 Å². The SMILES string of the molecule is CCC1CN(C2CC=CC2)C(c2ccccc2)CN1. The minimum Gasteiger partial charge on any atom is -0.311 e. The molecule has 2 unspecified atom stereocenters. The second-order valence-corrected chi connectivity index (χ2v) is 5.73. The zero-order chi connectivity index (χ0) is 13.1. The van der Waals surface area contributed by atoms with Gasteiger partial charge in [-0.25, -0.2) is 0 Å². The van der Waals surface area contributed by atoms with E-state index in [-0.39, 0.29) is 0 Å². The molecule has 1 aromatic carbocycles. The van der Waals surface area contributed by atoms with Gasteiger partial charge < -0.3 is 5.32 Å². The van der Waals surface area contributed by atoms with E-state index in [2.05, 4.69) is 59.6 Å². The van der Waals surface area contributed by atoms with Gasteiger partial charge in [-0.2, -0.15) is 0 Å². The van der Waals surface area contributed by atoms with Gasteiger partial charge in [0.2, 0.25) is 0 Å². The van der Waals surface area contributed by atoms with Crippen LogP contribution in [0.1, 0.15) is 37.8 Å². The van der Waals surface area contributed by atoms with Crippen LogP contribution in [0.5, 0.6) is 0 Å². The third-order valence-electron chi connectivity index (χ3n) is 4.56. The van der Waals surface area contributed by atoms with Crippen molar-refractivity contribution < 1.29 is 0 Å². The maximum atomic E-state index is 3.71. The highest BCUT2D eigenvalue weighted by atomic mass is 15.3. The monoisotopic (exact) mass is 256 g/mol. The highest BCUT2D eigenvalue weighted by Gasteiger charge is 2.33. The van der Waals surface area contributed by atoms with E-state index in [1.54, 1.807) is 0 Å². The fourth-order valence-electron chi connectivity index (χ4n) is 3.38. The molecule has 2 atom stereocenters. The van der Waals surface area contributed by atoms with E-state index < -0.39 is 0 Å². The predicted molar refractivity (Wildman–Crippen MR) is 80.1 cm³/mol. The standard InChI is InChI=1S/C17H24N2/c1-2-15-13-19(16-10-6-7-11-16)17(12-18-15)14-8-4-3-5-9-14/h3-9,15-18H,2,10-13H2,1H3. The lowest BCUT2D eigenvalue weighted by atomic mass is 9.97. The van der Waals surface area contributed by atoms with Crippen LogP contribution >= 0.6 is 0 Å². The number of piperazine rings is 1. The summed E-state index contributed by atoms with van der Waals surface area (Å²) in [5, 5.41) is 3.71. The fourth-order valence-corrected chi connectivity index (χ4v) is 3.38. The van der Waals surface area contributed by atoms with E-state index in [1.165, 1.54) is 31.4 Å². The van der Waals surface area contributed by atoms with E-state index in [4.69, 9.17) is 0 Å². The van der Waals surface area contributed by atoms with Crippen LogP contribution in [0.15, 0.2) is 42.5 Å². The molecular weight excluding hydrogens is 232 g/mol. The van der Waals surface area contributed by atoms with Gasteiger partial charge in [0.1, 0.15) is 0 Å². The molecule has 1 N–H and O–H groups in total. The molecule has 0 amide bonds. The largest absolute Gasteiger partial charge is 0.311 e. The van der Waals surface area contributed by atoms with Crippen molar-refractivity contribution in [3.8, 4) is 0 Å². The summed E-state index contributed by atoms with van der Waals surface area (Å²) < 4.78 is 0. The second kappa shape index (κ2) is 5.89. The molecule has 3 rings (SSSR count). The number of hydrogen-bond acceptors (Lipinski definition) is 2. The molecule has 19 heavy (non-hydrogen) atoms. The first-order chi connectivity index (χ1) is 9.38. The zero-order valence-corrected chi connectivity index (χ0v) is 11.8. The Morgan fingerprint density at radius 1 is 1.16 bits per heavy atom. The highest BCUT2D eigenvalue weighted by molar-refractivity contribution is 5.21. The molecule has 0 spiro atoms. The summed E-state index contributed by atoms with van der Waals surface area (Å²) in [5.74, 6) is 0. The van der Waals surface area contributed by atoms with Crippen LogP contribution in [-0.4, -0.2) is 30.1 Å². The van der Waals surface area contributed by atoms with Crippen molar-refractivity contribution in [2.24, 2.45) is 0 Å². The van der Waals surface area contributed by atoms with E-state index in [9.17, 15) is 0 Å². The molecule has 0 bridgehead atoms. The van der Waals surface area contributed by atoms with Gasteiger partial charge in [0.15, 0.2) is 0 Å². The molecule has 102 valence electrons. The van der Waals surface area contributed by atoms with Crippen LogP contribution in [0.4, 0.5) is 0 Å². The Labute approximate surface area is 116 Å². The second-order valence-electron chi connectivity index (χ2n) is 5.73.